The van der Waals surface area contributed by atoms with E-state index in [9.17, 15) is 14.4 Å². The molecule has 0 atom stereocenters. The molecular formula is C72H64O3S3Si. The zero-order valence-corrected chi connectivity index (χ0v) is 49.4. The monoisotopic (exact) mass is 1100 g/mol. The summed E-state index contributed by atoms with van der Waals surface area (Å²) in [6, 6.07) is 61.7. The summed E-state index contributed by atoms with van der Waals surface area (Å²) in [5, 5.41) is 0.359. The van der Waals surface area contributed by atoms with Crippen molar-refractivity contribution in [3.8, 4) is 47.0 Å². The molecule has 4 bridgehead atoms. The van der Waals surface area contributed by atoms with Crippen molar-refractivity contribution in [3.05, 3.63) is 248 Å². The average molecular weight is 1100 g/mol. The maximum atomic E-state index is 11.6. The molecular weight excluding hydrogens is 1040 g/mol. The van der Waals surface area contributed by atoms with Crippen LogP contribution in [-0.2, 0) is 53.3 Å². The van der Waals surface area contributed by atoms with E-state index in [-0.39, 0.29) is 37.0 Å². The van der Waals surface area contributed by atoms with Crippen LogP contribution in [0.1, 0.15) is 137 Å². The fraction of sp³-hybridized carbons (Fsp3) is 0.264. The van der Waals surface area contributed by atoms with Crippen LogP contribution in [0.3, 0.4) is 0 Å². The number of benzene rings is 7. The summed E-state index contributed by atoms with van der Waals surface area (Å²) in [6.07, 6.45) is 6.27. The van der Waals surface area contributed by atoms with Crippen molar-refractivity contribution in [1.29, 1.82) is 0 Å². The van der Waals surface area contributed by atoms with Gasteiger partial charge in [-0.1, -0.05) is 181 Å². The molecule has 4 aliphatic carbocycles. The Morgan fingerprint density at radius 3 is 0.709 bits per heavy atom. The third kappa shape index (κ3) is 13.4. The van der Waals surface area contributed by atoms with Gasteiger partial charge in [0.05, 0.1) is 0 Å². The van der Waals surface area contributed by atoms with Crippen LogP contribution in [0, 0.1) is 47.0 Å². The molecule has 0 unspecified atom stereocenters. The number of carbonyl (C=O) groups is 3. The Labute approximate surface area is 482 Å². The molecule has 0 aliphatic heterocycles. The Morgan fingerprint density at radius 2 is 0.519 bits per heavy atom. The van der Waals surface area contributed by atoms with Crippen molar-refractivity contribution >= 4 is 58.7 Å². The quantitative estimate of drug-likeness (QED) is 0.100. The molecule has 0 aromatic heterocycles. The lowest BCUT2D eigenvalue weighted by molar-refractivity contribution is -0.109. The molecule has 0 saturated heterocycles. The van der Waals surface area contributed by atoms with Gasteiger partial charge < -0.3 is 0 Å². The van der Waals surface area contributed by atoms with E-state index in [4.69, 9.17) is 0 Å². The zero-order valence-electron chi connectivity index (χ0n) is 46.0. The van der Waals surface area contributed by atoms with E-state index < -0.39 is 8.07 Å². The molecule has 0 spiro atoms. The number of hydrogen-bond donors (Lipinski definition) is 0. The highest BCUT2D eigenvalue weighted by atomic mass is 32.2. The largest absolute Gasteiger partial charge is 0.288 e. The molecule has 0 N–H and O–H groups in total. The summed E-state index contributed by atoms with van der Waals surface area (Å²) >= 11 is 3.97. The van der Waals surface area contributed by atoms with E-state index in [2.05, 4.69) is 200 Å². The van der Waals surface area contributed by atoms with Crippen molar-refractivity contribution in [2.24, 2.45) is 0 Å². The smallest absolute Gasteiger partial charge is 0.186 e. The fourth-order valence-corrected chi connectivity index (χ4v) is 15.0. The Hall–Kier alpha value is -6.94. The minimum absolute atomic E-state index is 0.120. The molecule has 7 aromatic carbocycles. The van der Waals surface area contributed by atoms with Crippen LogP contribution in [0.5, 0.6) is 0 Å². The first-order valence-corrected chi connectivity index (χ1v) is 33.6. The van der Waals surface area contributed by atoms with Crippen LogP contribution < -0.4 is 0 Å². The summed E-state index contributed by atoms with van der Waals surface area (Å²) in [7, 11) is -1.58. The molecule has 4 fully saturated rings. The minimum atomic E-state index is -1.58. The van der Waals surface area contributed by atoms with E-state index in [0.717, 1.165) is 94.2 Å². The third-order valence-electron chi connectivity index (χ3n) is 15.9. The summed E-state index contributed by atoms with van der Waals surface area (Å²) in [4.78, 5) is 34.7. The molecule has 4 saturated carbocycles. The maximum absolute atomic E-state index is 11.6. The highest BCUT2D eigenvalue weighted by molar-refractivity contribution is 8.13. The second-order valence-corrected chi connectivity index (χ2v) is 31.4. The molecule has 3 nitrogen and oxygen atoms in total. The lowest BCUT2D eigenvalue weighted by atomic mass is 9.32. The Bertz CT molecular complexity index is 3330. The van der Waals surface area contributed by atoms with E-state index >= 15 is 0 Å². The Morgan fingerprint density at radius 1 is 0.329 bits per heavy atom. The molecule has 11 rings (SSSR count). The molecule has 79 heavy (non-hydrogen) atoms. The second-order valence-electron chi connectivity index (χ2n) is 23.2. The van der Waals surface area contributed by atoms with Gasteiger partial charge in [0.1, 0.15) is 8.07 Å². The van der Waals surface area contributed by atoms with Crippen molar-refractivity contribution < 1.29 is 14.4 Å². The number of hydrogen-bond acceptors (Lipinski definition) is 6. The third-order valence-corrected chi connectivity index (χ3v) is 19.4. The van der Waals surface area contributed by atoms with Crippen molar-refractivity contribution in [2.45, 2.75) is 118 Å². The van der Waals surface area contributed by atoms with Gasteiger partial charge in [-0.15, -0.1) is 5.54 Å². The molecule has 0 radical (unpaired) electrons. The van der Waals surface area contributed by atoms with Crippen molar-refractivity contribution in [1.82, 2.24) is 0 Å². The van der Waals surface area contributed by atoms with Crippen LogP contribution in [0.25, 0.3) is 0 Å². The first-order valence-electron chi connectivity index (χ1n) is 27.1. The lowest BCUT2D eigenvalue weighted by Crippen LogP contribution is -2.67. The molecule has 0 amide bonds. The van der Waals surface area contributed by atoms with Crippen LogP contribution in [0.4, 0.5) is 0 Å². The number of thioether (sulfide) groups is 3. The Balaban J connectivity index is 1.04. The average Bonchev–Trinajstić information content (AvgIpc) is 2.92. The van der Waals surface area contributed by atoms with Gasteiger partial charge in [0.25, 0.3) is 0 Å². The van der Waals surface area contributed by atoms with E-state index in [0.29, 0.717) is 17.3 Å². The van der Waals surface area contributed by atoms with Gasteiger partial charge in [-0.2, -0.15) is 0 Å². The normalized spacial score (nSPS) is 20.5. The van der Waals surface area contributed by atoms with Gasteiger partial charge in [0.15, 0.2) is 15.3 Å². The molecule has 0 heterocycles. The summed E-state index contributed by atoms with van der Waals surface area (Å²) in [5.41, 5.74) is 18.8. The lowest BCUT2D eigenvalue weighted by Gasteiger charge is -2.71. The van der Waals surface area contributed by atoms with Crippen LogP contribution in [-0.4, -0.2) is 23.4 Å². The predicted molar refractivity (Wildman–Crippen MR) is 334 cm³/mol. The molecule has 4 aliphatic rings. The summed E-state index contributed by atoms with van der Waals surface area (Å²) in [6.45, 7) is 11.7. The highest BCUT2D eigenvalue weighted by Gasteiger charge is 2.69. The molecule has 7 heteroatoms. The van der Waals surface area contributed by atoms with Crippen LogP contribution >= 0.6 is 35.3 Å². The first-order chi connectivity index (χ1) is 38.0. The topological polar surface area (TPSA) is 51.2 Å². The maximum Gasteiger partial charge on any atom is 0.186 e. The SMILES string of the molecule is CC(=O)SCc1ccc(C#Cc2ccc(C34CC5(c6ccc(C#Cc7ccc(CSC(C)=O)cc7)cc6)CC(c6ccc(C#Cc7ccc(CSC(C)=O)cc7)cc6)(C3)CC(c3ccc(C#C[Si](C)(C)C)cc3)(C4)C5)cc2)cc1. The second kappa shape index (κ2) is 23.4. The van der Waals surface area contributed by atoms with Gasteiger partial charge in [-0.25, -0.2) is 0 Å². The predicted octanol–water partition coefficient (Wildman–Crippen LogP) is 15.9. The van der Waals surface area contributed by atoms with Crippen LogP contribution in [0.2, 0.25) is 19.6 Å². The number of carbonyl (C=O) groups excluding carboxylic acids is 3. The molecule has 7 aromatic rings. The van der Waals surface area contributed by atoms with Gasteiger partial charge >= 0.3 is 0 Å². The standard InChI is InChI=1S/C72H64O3S3Si/c1-52(73)76-43-62-19-13-55(14-20-62)7-10-58-25-33-65(34-26-58)69-46-70(66-35-27-59(28-36-66)11-8-56-15-21-63(22-16-56)44-77-53(2)74)48-71(47-69,51-72(49-69,50-70)68-39-31-61(32-40-68)41-42-79(4,5)6)67-37-29-60(30-38-67)12-9-57-17-23-64(24-18-57)45-78-54(3)75/h13-40H,43-51H2,1-6H3. The molecule has 392 valence electrons. The minimum Gasteiger partial charge on any atom is -0.288 e. The zero-order chi connectivity index (χ0) is 55.3. The van der Waals surface area contributed by atoms with E-state index in [1.54, 1.807) is 20.8 Å². The van der Waals surface area contributed by atoms with Crippen LogP contribution in [0.15, 0.2) is 170 Å². The van der Waals surface area contributed by atoms with Gasteiger partial charge in [0.2, 0.25) is 0 Å². The van der Waals surface area contributed by atoms with Gasteiger partial charge in [-0.3, -0.25) is 14.4 Å². The highest BCUT2D eigenvalue weighted by Crippen LogP contribution is 2.74. The fourth-order valence-electron chi connectivity index (χ4n) is 12.8. The van der Waals surface area contributed by atoms with E-state index in [1.165, 1.54) is 57.5 Å². The van der Waals surface area contributed by atoms with Crippen molar-refractivity contribution in [3.63, 3.8) is 0 Å². The van der Waals surface area contributed by atoms with Crippen molar-refractivity contribution in [2.75, 3.05) is 0 Å². The van der Waals surface area contributed by atoms with Gasteiger partial charge in [-0.05, 0) is 184 Å². The Kier molecular flexibility index (Phi) is 16.4. The first kappa shape index (κ1) is 55.4. The van der Waals surface area contributed by atoms with E-state index in [1.807, 2.05) is 36.4 Å². The van der Waals surface area contributed by atoms with Gasteiger partial charge in [0, 0.05) is 77.0 Å². The summed E-state index contributed by atoms with van der Waals surface area (Å²) in [5.74, 6) is 26.1. The number of rotatable bonds is 10. The summed E-state index contributed by atoms with van der Waals surface area (Å²) < 4.78 is 0.